The van der Waals surface area contributed by atoms with Gasteiger partial charge in [0.05, 0.1) is 6.04 Å². The first-order valence-corrected chi connectivity index (χ1v) is 11.1. The minimum absolute atomic E-state index is 0.203. The Labute approximate surface area is 193 Å². The molecule has 3 aromatic rings. The van der Waals surface area contributed by atoms with E-state index in [0.29, 0.717) is 19.3 Å². The van der Waals surface area contributed by atoms with Gasteiger partial charge >= 0.3 is 0 Å². The summed E-state index contributed by atoms with van der Waals surface area (Å²) in [6.45, 7) is 5.59. The van der Waals surface area contributed by atoms with Gasteiger partial charge in [-0.25, -0.2) is 0 Å². The third kappa shape index (κ3) is 6.32. The highest BCUT2D eigenvalue weighted by Crippen LogP contribution is 2.20. The Morgan fingerprint density at radius 1 is 1.03 bits per heavy atom. The Kier molecular flexibility index (Phi) is 8.41. The van der Waals surface area contributed by atoms with Gasteiger partial charge in [0.1, 0.15) is 12.3 Å². The van der Waals surface area contributed by atoms with Crippen LogP contribution in [0.2, 0.25) is 0 Å². The third-order valence-corrected chi connectivity index (χ3v) is 5.43. The average Bonchev–Trinajstić information content (AvgIpc) is 3.22. The number of amides is 2. The summed E-state index contributed by atoms with van der Waals surface area (Å²) in [5.41, 5.74) is 3.57. The first-order chi connectivity index (χ1) is 16.0. The Morgan fingerprint density at radius 3 is 2.55 bits per heavy atom. The Hall–Kier alpha value is -3.87. The van der Waals surface area contributed by atoms with E-state index in [0.717, 1.165) is 34.0 Å². The standard InChI is InChI=1S/C26H30N4O3/c1-3-9-25(32)30-24(15-18-10-5-7-12-22(18)27-4-2)26(33)29-20(17-31)14-19-16-28-23-13-8-6-11-21(19)23/h4-8,10-13,16-17,20,24,27-28H,2-3,9,14-15H2,1H3,(H,29,33)(H,30,32). The molecule has 1 heterocycles. The van der Waals surface area contributed by atoms with Gasteiger partial charge in [-0.2, -0.15) is 0 Å². The number of benzene rings is 2. The molecule has 2 aromatic carbocycles. The van der Waals surface area contributed by atoms with Crippen molar-refractivity contribution >= 4 is 34.7 Å². The van der Waals surface area contributed by atoms with Crippen LogP contribution in [0, 0.1) is 0 Å². The molecule has 0 saturated heterocycles. The Balaban J connectivity index is 1.77. The minimum atomic E-state index is -0.817. The first kappa shape index (κ1) is 23.8. The van der Waals surface area contributed by atoms with Crippen molar-refractivity contribution in [2.45, 2.75) is 44.7 Å². The van der Waals surface area contributed by atoms with Gasteiger partial charge in [0.15, 0.2) is 0 Å². The third-order valence-electron chi connectivity index (χ3n) is 5.43. The molecule has 0 radical (unpaired) electrons. The quantitative estimate of drug-likeness (QED) is 0.320. The van der Waals surface area contributed by atoms with Gasteiger partial charge in [-0.15, -0.1) is 0 Å². The van der Waals surface area contributed by atoms with Crippen LogP contribution in [0.25, 0.3) is 10.9 Å². The number of carbonyl (C=O) groups is 3. The largest absolute Gasteiger partial charge is 0.362 e. The molecule has 0 bridgehead atoms. The Morgan fingerprint density at radius 2 is 1.79 bits per heavy atom. The van der Waals surface area contributed by atoms with E-state index in [1.165, 1.54) is 0 Å². The van der Waals surface area contributed by atoms with Gasteiger partial charge in [-0.3, -0.25) is 9.59 Å². The molecule has 0 aliphatic heterocycles. The van der Waals surface area contributed by atoms with Crippen LogP contribution >= 0.6 is 0 Å². The maximum atomic E-state index is 13.2. The van der Waals surface area contributed by atoms with Crippen molar-refractivity contribution in [3.8, 4) is 0 Å². The van der Waals surface area contributed by atoms with Crippen molar-refractivity contribution in [3.05, 3.63) is 78.6 Å². The average molecular weight is 447 g/mol. The summed E-state index contributed by atoms with van der Waals surface area (Å²) >= 11 is 0. The Bertz CT molecular complexity index is 1120. The van der Waals surface area contributed by atoms with E-state index >= 15 is 0 Å². The number of aromatic nitrogens is 1. The van der Waals surface area contributed by atoms with Crippen molar-refractivity contribution in [2.24, 2.45) is 0 Å². The number of carbonyl (C=O) groups excluding carboxylic acids is 3. The van der Waals surface area contributed by atoms with Crippen LogP contribution in [0.1, 0.15) is 30.9 Å². The lowest BCUT2D eigenvalue weighted by molar-refractivity contribution is -0.130. The number of rotatable bonds is 12. The zero-order chi connectivity index (χ0) is 23.6. The second-order valence-corrected chi connectivity index (χ2v) is 7.89. The highest BCUT2D eigenvalue weighted by Gasteiger charge is 2.25. The lowest BCUT2D eigenvalue weighted by Crippen LogP contribution is -2.51. The fourth-order valence-corrected chi connectivity index (χ4v) is 3.83. The summed E-state index contributed by atoms with van der Waals surface area (Å²) in [7, 11) is 0. The summed E-state index contributed by atoms with van der Waals surface area (Å²) in [5, 5.41) is 9.71. The summed E-state index contributed by atoms with van der Waals surface area (Å²) in [5.74, 6) is -0.601. The fraction of sp³-hybridized carbons (Fsp3) is 0.269. The predicted octanol–water partition coefficient (Wildman–Crippen LogP) is 3.48. The molecular weight excluding hydrogens is 416 g/mol. The molecule has 0 aliphatic rings. The number of aldehydes is 1. The molecule has 7 nitrogen and oxygen atoms in total. The second kappa shape index (κ2) is 11.7. The number of aromatic amines is 1. The number of nitrogens with one attached hydrogen (secondary N) is 4. The minimum Gasteiger partial charge on any atom is -0.362 e. The van der Waals surface area contributed by atoms with Crippen molar-refractivity contribution in [1.29, 1.82) is 0 Å². The highest BCUT2D eigenvalue weighted by atomic mass is 16.2. The van der Waals surface area contributed by atoms with E-state index in [1.54, 1.807) is 6.20 Å². The van der Waals surface area contributed by atoms with Crippen molar-refractivity contribution in [3.63, 3.8) is 0 Å². The second-order valence-electron chi connectivity index (χ2n) is 7.89. The fourth-order valence-electron chi connectivity index (χ4n) is 3.83. The van der Waals surface area contributed by atoms with E-state index in [-0.39, 0.29) is 12.3 Å². The van der Waals surface area contributed by atoms with E-state index in [9.17, 15) is 14.4 Å². The highest BCUT2D eigenvalue weighted by molar-refractivity contribution is 5.90. The van der Waals surface area contributed by atoms with Crippen molar-refractivity contribution in [1.82, 2.24) is 15.6 Å². The van der Waals surface area contributed by atoms with Gasteiger partial charge < -0.3 is 25.7 Å². The molecule has 2 atom stereocenters. The molecule has 2 amide bonds. The van der Waals surface area contributed by atoms with E-state index < -0.39 is 18.0 Å². The number of hydrogen-bond donors (Lipinski definition) is 4. The van der Waals surface area contributed by atoms with Gasteiger partial charge in [0.2, 0.25) is 11.8 Å². The molecule has 3 rings (SSSR count). The number of fused-ring (bicyclic) bond motifs is 1. The van der Waals surface area contributed by atoms with Gasteiger partial charge in [0, 0.05) is 42.0 Å². The number of anilines is 1. The smallest absolute Gasteiger partial charge is 0.243 e. The van der Waals surface area contributed by atoms with Crippen LogP contribution in [0.15, 0.2) is 67.5 Å². The van der Waals surface area contributed by atoms with Crippen LogP contribution in [-0.2, 0) is 27.2 Å². The number of H-pyrrole nitrogens is 1. The van der Waals surface area contributed by atoms with Gasteiger partial charge in [-0.1, -0.05) is 49.9 Å². The topological polar surface area (TPSA) is 103 Å². The SMILES string of the molecule is C=CNc1ccccc1CC(NC(=O)CCC)C(=O)NC(C=O)Cc1c[nH]c2ccccc12. The summed E-state index contributed by atoms with van der Waals surface area (Å²) in [6, 6.07) is 13.8. The van der Waals surface area contributed by atoms with E-state index in [1.807, 2.05) is 61.7 Å². The van der Waals surface area contributed by atoms with E-state index in [2.05, 4.69) is 27.5 Å². The van der Waals surface area contributed by atoms with E-state index in [4.69, 9.17) is 0 Å². The zero-order valence-corrected chi connectivity index (χ0v) is 18.8. The zero-order valence-electron chi connectivity index (χ0n) is 18.8. The maximum absolute atomic E-state index is 13.2. The lowest BCUT2D eigenvalue weighted by Gasteiger charge is -2.22. The summed E-state index contributed by atoms with van der Waals surface area (Å²) in [6.07, 6.45) is 5.77. The molecule has 33 heavy (non-hydrogen) atoms. The van der Waals surface area contributed by atoms with Crippen LogP contribution in [0.4, 0.5) is 5.69 Å². The summed E-state index contributed by atoms with van der Waals surface area (Å²) < 4.78 is 0. The molecular formula is C26H30N4O3. The maximum Gasteiger partial charge on any atom is 0.243 e. The molecule has 172 valence electrons. The monoisotopic (exact) mass is 446 g/mol. The molecule has 7 heteroatoms. The first-order valence-electron chi connectivity index (χ1n) is 11.1. The molecule has 0 spiro atoms. The van der Waals surface area contributed by atoms with Crippen LogP contribution in [0.5, 0.6) is 0 Å². The van der Waals surface area contributed by atoms with Gasteiger partial charge in [0.25, 0.3) is 0 Å². The molecule has 1 aromatic heterocycles. The molecule has 0 saturated carbocycles. The normalized spacial score (nSPS) is 12.5. The van der Waals surface area contributed by atoms with Gasteiger partial charge in [-0.05, 0) is 35.9 Å². The predicted molar refractivity (Wildman–Crippen MR) is 131 cm³/mol. The molecule has 2 unspecified atom stereocenters. The summed E-state index contributed by atoms with van der Waals surface area (Å²) in [4.78, 5) is 40.5. The lowest BCUT2D eigenvalue weighted by atomic mass is 10.0. The number of hydrogen-bond acceptors (Lipinski definition) is 4. The number of para-hydroxylation sites is 2. The molecule has 4 N–H and O–H groups in total. The van der Waals surface area contributed by atoms with Crippen LogP contribution < -0.4 is 16.0 Å². The van der Waals surface area contributed by atoms with Crippen LogP contribution in [-0.4, -0.2) is 35.2 Å². The van der Waals surface area contributed by atoms with Crippen molar-refractivity contribution in [2.75, 3.05) is 5.32 Å². The van der Waals surface area contributed by atoms with Crippen LogP contribution in [0.3, 0.4) is 0 Å². The molecule has 0 aliphatic carbocycles. The molecule has 0 fully saturated rings. The van der Waals surface area contributed by atoms with Crippen molar-refractivity contribution < 1.29 is 14.4 Å².